The molecule has 0 saturated heterocycles. The molecule has 0 atom stereocenters. The largest absolute Gasteiger partial charge is 0 e. The van der Waals surface area contributed by atoms with Crippen molar-refractivity contribution in [3.05, 3.63) is 22.3 Å². The van der Waals surface area contributed by atoms with Gasteiger partial charge in [0, 0.05) is 25.8 Å². The van der Waals surface area contributed by atoms with Crippen molar-refractivity contribution in [2.75, 3.05) is 0 Å². The van der Waals surface area contributed by atoms with Crippen LogP contribution in [-0.2, 0) is 0 Å². The van der Waals surface area contributed by atoms with Crippen molar-refractivity contribution in [1.29, 1.82) is 0 Å². The molecule has 0 spiro atoms. The van der Waals surface area contributed by atoms with Crippen molar-refractivity contribution in [3.8, 4) is 0 Å². The Hall–Kier alpha value is 1.04. The summed E-state index contributed by atoms with van der Waals surface area (Å²) in [7, 11) is 0. The van der Waals surface area contributed by atoms with Gasteiger partial charge in [-0.3, -0.25) is 0 Å². The predicted octanol–water partition coefficient (Wildman–Crippen LogP) is 0.195. The molecule has 7 heavy (non-hydrogen) atoms. The molecule has 0 unspecified atom stereocenters. The molecule has 0 N–H and O–H groups in total. The molecule has 0 aromatic heterocycles. The van der Waals surface area contributed by atoms with Gasteiger partial charge in [-0.1, -0.05) is 0 Å². The van der Waals surface area contributed by atoms with Crippen LogP contribution in [-0.4, -0.2) is 50.9 Å². The zero-order chi connectivity index (χ0) is 4.24. The standard InChI is InChI=1S/C5H5.In.Sb/c1-3-5-4-2;;/h1-5H;;. The molecule has 0 nitrogen and oxygen atoms in total. The van der Waals surface area contributed by atoms with Crippen LogP contribution in [0.5, 0.6) is 0 Å². The first-order valence-corrected chi connectivity index (χ1v) is 4.80. The smallest absolute Gasteiger partial charge is 0 e. The summed E-state index contributed by atoms with van der Waals surface area (Å²) in [4.78, 5) is 0. The fraction of sp³-hybridized carbons (Fsp3) is 0. The van der Waals surface area contributed by atoms with Gasteiger partial charge in [0.1, 0.15) is 0 Å². The minimum absolute atomic E-state index is 0. The molecule has 1 rings (SSSR count). The van der Waals surface area contributed by atoms with E-state index in [-0.39, 0.29) is 47.0 Å². The van der Waals surface area contributed by atoms with Crippen LogP contribution in [0, 0.1) is 0 Å². The molecule has 1 aliphatic heterocycles. The van der Waals surface area contributed by atoms with Crippen LogP contribution in [0.15, 0.2) is 22.3 Å². The summed E-state index contributed by atoms with van der Waals surface area (Å²) in [6, 6.07) is 0. The van der Waals surface area contributed by atoms with Gasteiger partial charge < -0.3 is 0 Å². The molecule has 0 bridgehead atoms. The van der Waals surface area contributed by atoms with E-state index in [0.29, 0.717) is 0 Å². The van der Waals surface area contributed by atoms with Crippen molar-refractivity contribution in [3.63, 3.8) is 0 Å². The number of hydrogen-bond donors (Lipinski definition) is 0. The summed E-state index contributed by atoms with van der Waals surface area (Å²) >= 11 is 0.0368. The summed E-state index contributed by atoms with van der Waals surface area (Å²) in [6.45, 7) is 0. The van der Waals surface area contributed by atoms with Gasteiger partial charge in [0.15, 0.2) is 0 Å². The SMILES string of the molecule is C1=C[CH]=[Sb][CH]=C1.[In]. The molecular weight excluding hydrogens is 297 g/mol. The third-order valence-electron chi connectivity index (χ3n) is 0.566. The number of allylic oxidation sites excluding steroid dienone is 3. The minimum atomic E-state index is 0. The maximum atomic E-state index is 2.28. The second kappa shape index (κ2) is 5.18. The molecule has 33 valence electrons. The summed E-state index contributed by atoms with van der Waals surface area (Å²) in [5.41, 5.74) is 0. The Labute approximate surface area is 72.5 Å². The average Bonchev–Trinajstić information content (AvgIpc) is 1.72. The molecule has 3 radical (unpaired) electrons. The fourth-order valence-corrected chi connectivity index (χ4v) is 1.73. The topological polar surface area (TPSA) is 0 Å². The van der Waals surface area contributed by atoms with Gasteiger partial charge in [-0.15, -0.1) is 0 Å². The summed E-state index contributed by atoms with van der Waals surface area (Å²) in [5.74, 6) is 0. The van der Waals surface area contributed by atoms with Crippen LogP contribution in [0.25, 0.3) is 0 Å². The first-order chi connectivity index (χ1) is 3.00. The Bertz CT molecular complexity index is 77.5. The van der Waals surface area contributed by atoms with E-state index in [4.69, 9.17) is 0 Å². The molecule has 0 aliphatic carbocycles. The van der Waals surface area contributed by atoms with E-state index in [0.717, 1.165) is 0 Å². The van der Waals surface area contributed by atoms with Crippen LogP contribution < -0.4 is 0 Å². The van der Waals surface area contributed by atoms with E-state index < -0.39 is 0 Å². The van der Waals surface area contributed by atoms with E-state index in [1.54, 1.807) is 0 Å². The molecule has 0 aromatic carbocycles. The first kappa shape index (κ1) is 8.04. The van der Waals surface area contributed by atoms with E-state index in [2.05, 4.69) is 26.2 Å². The van der Waals surface area contributed by atoms with Gasteiger partial charge in [-0.25, -0.2) is 0 Å². The maximum Gasteiger partial charge on any atom is 0 e. The molecule has 0 saturated carbocycles. The van der Waals surface area contributed by atoms with Crippen LogP contribution in [0.1, 0.15) is 0 Å². The van der Waals surface area contributed by atoms with Gasteiger partial charge >= 0.3 is 47.3 Å². The summed E-state index contributed by atoms with van der Waals surface area (Å²) in [6.07, 6.45) is 6.31. The Morgan fingerprint density at radius 2 is 1.86 bits per heavy atom. The molecular formula is C5H5InSb. The Morgan fingerprint density at radius 1 is 1.00 bits per heavy atom. The van der Waals surface area contributed by atoms with E-state index in [1.165, 1.54) is 0 Å². The van der Waals surface area contributed by atoms with Gasteiger partial charge in [0.2, 0.25) is 0 Å². The molecule has 1 aliphatic rings. The van der Waals surface area contributed by atoms with Crippen LogP contribution in [0.4, 0.5) is 0 Å². The maximum absolute atomic E-state index is 2.28. The van der Waals surface area contributed by atoms with Gasteiger partial charge in [-0.2, -0.15) is 0 Å². The average molecular weight is 302 g/mol. The quantitative estimate of drug-likeness (QED) is 0.561. The monoisotopic (exact) mass is 301 g/mol. The first-order valence-electron chi connectivity index (χ1n) is 1.85. The zero-order valence-electron chi connectivity index (χ0n) is 3.91. The van der Waals surface area contributed by atoms with Gasteiger partial charge in [0.25, 0.3) is 0 Å². The second-order valence-electron chi connectivity index (χ2n) is 1.02. The summed E-state index contributed by atoms with van der Waals surface area (Å²) in [5, 5.41) is 0. The van der Waals surface area contributed by atoms with Crippen LogP contribution in [0.2, 0.25) is 0 Å². The second-order valence-corrected chi connectivity index (χ2v) is 3.58. The Morgan fingerprint density at radius 3 is 2.00 bits per heavy atom. The molecule has 1 heterocycles. The Balaban J connectivity index is 0.000000360. The number of hydrogen-bond acceptors (Lipinski definition) is 0. The summed E-state index contributed by atoms with van der Waals surface area (Å²) < 4.78 is 4.55. The van der Waals surface area contributed by atoms with Crippen molar-refractivity contribution in [1.82, 2.24) is 0 Å². The molecule has 0 fully saturated rings. The molecule has 2 heteroatoms. The van der Waals surface area contributed by atoms with Gasteiger partial charge in [0.05, 0.1) is 0 Å². The van der Waals surface area contributed by atoms with Crippen LogP contribution in [0.3, 0.4) is 0 Å². The van der Waals surface area contributed by atoms with Crippen molar-refractivity contribution < 1.29 is 0 Å². The van der Waals surface area contributed by atoms with Crippen molar-refractivity contribution >= 4 is 50.9 Å². The van der Waals surface area contributed by atoms with Gasteiger partial charge in [-0.05, 0) is 0 Å². The normalized spacial score (nSPS) is 13.7. The zero-order valence-corrected chi connectivity index (χ0v) is 9.76. The third kappa shape index (κ3) is 3.61. The van der Waals surface area contributed by atoms with Crippen molar-refractivity contribution in [2.24, 2.45) is 0 Å². The Kier molecular flexibility index (Phi) is 5.95. The van der Waals surface area contributed by atoms with E-state index in [9.17, 15) is 0 Å². The van der Waals surface area contributed by atoms with Crippen LogP contribution >= 0.6 is 0 Å². The third-order valence-corrected chi connectivity index (χ3v) is 2.53. The molecule has 0 aromatic rings. The van der Waals surface area contributed by atoms with E-state index in [1.807, 2.05) is 0 Å². The number of rotatable bonds is 0. The fourth-order valence-electron chi connectivity index (χ4n) is 0.313. The van der Waals surface area contributed by atoms with E-state index >= 15 is 0 Å². The van der Waals surface area contributed by atoms with Crippen molar-refractivity contribution in [2.45, 2.75) is 0 Å². The predicted molar refractivity (Wildman–Crippen MR) is 35.9 cm³/mol. The minimum Gasteiger partial charge on any atom is 0 e. The molecule has 0 amide bonds.